The molecule has 0 spiro atoms. The number of hydrogen-bond acceptors (Lipinski definition) is 5. The topological polar surface area (TPSA) is 75.4 Å². The molecular formula is C13H18N2O3S. The van der Waals surface area contributed by atoms with Crippen LogP contribution in [0.15, 0.2) is 10.8 Å². The summed E-state index contributed by atoms with van der Waals surface area (Å²) < 4.78 is 5.33. The molecule has 1 aromatic rings. The van der Waals surface area contributed by atoms with Gasteiger partial charge in [0.2, 0.25) is 0 Å². The van der Waals surface area contributed by atoms with Crippen LogP contribution in [0.5, 0.6) is 0 Å². The first-order chi connectivity index (χ1) is 9.24. The van der Waals surface area contributed by atoms with Gasteiger partial charge in [-0.05, 0) is 37.2 Å². The number of nitrogens with one attached hydrogen (secondary N) is 1. The fourth-order valence-electron chi connectivity index (χ4n) is 2.45. The molecule has 5 nitrogen and oxygen atoms in total. The Kier molecular flexibility index (Phi) is 3.54. The fourth-order valence-corrected chi connectivity index (χ4v) is 3.72. The van der Waals surface area contributed by atoms with Gasteiger partial charge in [-0.15, -0.1) is 0 Å². The highest BCUT2D eigenvalue weighted by atomic mass is 32.2. The Hall–Kier alpha value is -1.01. The Morgan fingerprint density at radius 3 is 2.89 bits per heavy atom. The van der Waals surface area contributed by atoms with Crippen molar-refractivity contribution in [2.75, 3.05) is 18.1 Å². The number of aliphatic hydroxyl groups is 1. The zero-order valence-electron chi connectivity index (χ0n) is 10.7. The molecule has 1 aromatic heterocycles. The molecule has 2 heterocycles. The van der Waals surface area contributed by atoms with Crippen LogP contribution in [0.2, 0.25) is 0 Å². The molecule has 2 fully saturated rings. The van der Waals surface area contributed by atoms with Gasteiger partial charge in [0.05, 0.1) is 12.1 Å². The molecule has 6 heteroatoms. The van der Waals surface area contributed by atoms with Crippen molar-refractivity contribution in [1.29, 1.82) is 0 Å². The summed E-state index contributed by atoms with van der Waals surface area (Å²) >= 11 is 1.86. The Morgan fingerprint density at radius 2 is 2.26 bits per heavy atom. The van der Waals surface area contributed by atoms with Crippen molar-refractivity contribution in [3.05, 3.63) is 17.8 Å². The highest BCUT2D eigenvalue weighted by Gasteiger charge is 2.37. The van der Waals surface area contributed by atoms with Gasteiger partial charge in [0.25, 0.3) is 5.91 Å². The van der Waals surface area contributed by atoms with E-state index in [1.54, 1.807) is 0 Å². The molecule has 3 rings (SSSR count). The van der Waals surface area contributed by atoms with E-state index in [0.29, 0.717) is 17.4 Å². The van der Waals surface area contributed by atoms with Crippen molar-refractivity contribution in [2.24, 2.45) is 0 Å². The molecule has 1 saturated carbocycles. The molecule has 1 amide bonds. The van der Waals surface area contributed by atoms with E-state index in [1.165, 1.54) is 6.39 Å². The van der Waals surface area contributed by atoms with Gasteiger partial charge in [-0.25, -0.2) is 4.98 Å². The van der Waals surface area contributed by atoms with Crippen molar-refractivity contribution in [3.63, 3.8) is 0 Å². The molecule has 19 heavy (non-hydrogen) atoms. The minimum Gasteiger partial charge on any atom is -0.447 e. The first-order valence-corrected chi connectivity index (χ1v) is 7.84. The average Bonchev–Trinajstić information content (AvgIpc) is 3.17. The van der Waals surface area contributed by atoms with E-state index in [1.807, 2.05) is 11.8 Å². The van der Waals surface area contributed by atoms with Crippen molar-refractivity contribution >= 4 is 17.7 Å². The molecule has 104 valence electrons. The molecule has 2 N–H and O–H groups in total. The Morgan fingerprint density at radius 1 is 1.53 bits per heavy atom. The first kappa shape index (κ1) is 13.0. The second-order valence-corrected chi connectivity index (χ2v) is 6.57. The van der Waals surface area contributed by atoms with Crippen LogP contribution < -0.4 is 5.32 Å². The number of oxazole rings is 1. The quantitative estimate of drug-likeness (QED) is 0.876. The SMILES string of the molecule is O=C(NC1(CO)CCSCC1)c1ncoc1C1CC1. The van der Waals surface area contributed by atoms with Crippen molar-refractivity contribution in [3.8, 4) is 0 Å². The third kappa shape index (κ3) is 2.65. The third-order valence-electron chi connectivity index (χ3n) is 3.89. The zero-order chi connectivity index (χ0) is 13.3. The zero-order valence-corrected chi connectivity index (χ0v) is 11.5. The molecule has 2 aliphatic rings. The Balaban J connectivity index is 1.74. The van der Waals surface area contributed by atoms with Gasteiger partial charge in [0.1, 0.15) is 5.76 Å². The van der Waals surface area contributed by atoms with E-state index in [-0.39, 0.29) is 12.5 Å². The van der Waals surface area contributed by atoms with E-state index in [4.69, 9.17) is 4.42 Å². The van der Waals surface area contributed by atoms with Gasteiger partial charge in [-0.3, -0.25) is 4.79 Å². The van der Waals surface area contributed by atoms with Crippen molar-refractivity contribution in [1.82, 2.24) is 10.3 Å². The van der Waals surface area contributed by atoms with E-state index < -0.39 is 5.54 Å². The molecule has 0 radical (unpaired) electrons. The lowest BCUT2D eigenvalue weighted by molar-refractivity contribution is 0.0811. The maximum absolute atomic E-state index is 12.3. The summed E-state index contributed by atoms with van der Waals surface area (Å²) in [5.74, 6) is 2.78. The Labute approximate surface area is 116 Å². The lowest BCUT2D eigenvalue weighted by atomic mass is 9.93. The number of carbonyl (C=O) groups is 1. The monoisotopic (exact) mass is 282 g/mol. The molecule has 1 aliphatic heterocycles. The number of rotatable bonds is 4. The van der Waals surface area contributed by atoms with Gasteiger partial charge in [0.15, 0.2) is 12.1 Å². The van der Waals surface area contributed by atoms with Crippen molar-refractivity contribution in [2.45, 2.75) is 37.1 Å². The third-order valence-corrected chi connectivity index (χ3v) is 4.87. The highest BCUT2D eigenvalue weighted by Crippen LogP contribution is 2.41. The lowest BCUT2D eigenvalue weighted by Crippen LogP contribution is -2.53. The molecule has 0 atom stereocenters. The van der Waals surface area contributed by atoms with E-state index in [9.17, 15) is 9.90 Å². The van der Waals surface area contributed by atoms with Gasteiger partial charge in [-0.1, -0.05) is 0 Å². The summed E-state index contributed by atoms with van der Waals surface area (Å²) in [6.07, 6.45) is 5.08. The number of nitrogens with zero attached hydrogens (tertiary/aromatic N) is 1. The predicted octanol–water partition coefficient (Wildman–Crippen LogP) is 1.54. The van der Waals surface area contributed by atoms with Crippen LogP contribution in [-0.2, 0) is 0 Å². The highest BCUT2D eigenvalue weighted by molar-refractivity contribution is 7.99. The molecular weight excluding hydrogens is 264 g/mol. The number of carbonyl (C=O) groups excluding carboxylic acids is 1. The summed E-state index contributed by atoms with van der Waals surface area (Å²) in [6.45, 7) is -0.0179. The summed E-state index contributed by atoms with van der Waals surface area (Å²) in [5, 5.41) is 12.6. The van der Waals surface area contributed by atoms with Gasteiger partial charge in [-0.2, -0.15) is 11.8 Å². The standard InChI is InChI=1S/C13H18N2O3S/c16-7-13(3-5-19-6-4-13)15-12(17)10-11(9-1-2-9)18-8-14-10/h8-9,16H,1-7H2,(H,15,17). The summed E-state index contributed by atoms with van der Waals surface area (Å²) in [6, 6.07) is 0. The number of aliphatic hydroxyl groups excluding tert-OH is 1. The normalized spacial score (nSPS) is 22.2. The molecule has 0 unspecified atom stereocenters. The van der Waals surface area contributed by atoms with Gasteiger partial charge < -0.3 is 14.8 Å². The van der Waals surface area contributed by atoms with Crippen LogP contribution in [0.1, 0.15) is 47.8 Å². The fraction of sp³-hybridized carbons (Fsp3) is 0.692. The van der Waals surface area contributed by atoms with Gasteiger partial charge >= 0.3 is 0 Å². The minimum absolute atomic E-state index is 0.0179. The van der Waals surface area contributed by atoms with E-state index in [2.05, 4.69) is 10.3 Å². The smallest absolute Gasteiger partial charge is 0.274 e. The Bertz CT molecular complexity index is 464. The molecule has 0 bridgehead atoms. The van der Waals surface area contributed by atoms with Crippen LogP contribution >= 0.6 is 11.8 Å². The van der Waals surface area contributed by atoms with Crippen LogP contribution in [0, 0.1) is 0 Å². The average molecular weight is 282 g/mol. The predicted molar refractivity (Wildman–Crippen MR) is 72.3 cm³/mol. The summed E-state index contributed by atoms with van der Waals surface area (Å²) in [4.78, 5) is 16.4. The summed E-state index contributed by atoms with van der Waals surface area (Å²) in [5.41, 5.74) is -0.0872. The van der Waals surface area contributed by atoms with Crippen LogP contribution in [0.4, 0.5) is 0 Å². The lowest BCUT2D eigenvalue weighted by Gasteiger charge is -2.35. The number of amides is 1. The maximum atomic E-state index is 12.3. The number of aromatic nitrogens is 1. The summed E-state index contributed by atoms with van der Waals surface area (Å²) in [7, 11) is 0. The van der Waals surface area contributed by atoms with Crippen LogP contribution in [0.25, 0.3) is 0 Å². The van der Waals surface area contributed by atoms with Crippen molar-refractivity contribution < 1.29 is 14.3 Å². The van der Waals surface area contributed by atoms with Crippen LogP contribution in [0.3, 0.4) is 0 Å². The van der Waals surface area contributed by atoms with Gasteiger partial charge in [0, 0.05) is 5.92 Å². The minimum atomic E-state index is -0.484. The first-order valence-electron chi connectivity index (χ1n) is 6.69. The molecule has 1 aliphatic carbocycles. The van der Waals surface area contributed by atoms with Crippen LogP contribution in [-0.4, -0.2) is 39.6 Å². The number of thioether (sulfide) groups is 1. The largest absolute Gasteiger partial charge is 0.447 e. The maximum Gasteiger partial charge on any atom is 0.274 e. The number of hydrogen-bond donors (Lipinski definition) is 2. The van der Waals surface area contributed by atoms with E-state index in [0.717, 1.165) is 37.2 Å². The second-order valence-electron chi connectivity index (χ2n) is 5.34. The molecule has 0 aromatic carbocycles. The van der Waals surface area contributed by atoms with E-state index >= 15 is 0 Å². The molecule has 1 saturated heterocycles. The second kappa shape index (κ2) is 5.17.